The van der Waals surface area contributed by atoms with Crippen molar-refractivity contribution < 1.29 is 14.3 Å². The summed E-state index contributed by atoms with van der Waals surface area (Å²) in [6.45, 7) is 4.96. The van der Waals surface area contributed by atoms with Gasteiger partial charge >= 0.3 is 5.97 Å². The molecule has 7 heteroatoms. The fourth-order valence-electron chi connectivity index (χ4n) is 1.38. The summed E-state index contributed by atoms with van der Waals surface area (Å²) in [7, 11) is 0. The Bertz CT molecular complexity index is 435. The third kappa shape index (κ3) is 6.91. The van der Waals surface area contributed by atoms with Crippen LogP contribution in [0.2, 0.25) is 0 Å². The number of nitrogens with zero attached hydrogens (tertiary/aromatic N) is 1. The van der Waals surface area contributed by atoms with Crippen molar-refractivity contribution in [3.8, 4) is 0 Å². The van der Waals surface area contributed by atoms with Crippen molar-refractivity contribution in [1.29, 1.82) is 0 Å². The molecule has 1 aromatic heterocycles. The number of thiazole rings is 1. The van der Waals surface area contributed by atoms with Crippen LogP contribution in [0.1, 0.15) is 32.4 Å². The molecule has 0 aliphatic rings. The van der Waals surface area contributed by atoms with E-state index in [-0.39, 0.29) is 18.3 Å². The van der Waals surface area contributed by atoms with E-state index in [1.54, 1.807) is 6.92 Å². The minimum Gasteiger partial charge on any atom is -0.466 e. The van der Waals surface area contributed by atoms with Crippen LogP contribution in [0, 0.1) is 0 Å². The van der Waals surface area contributed by atoms with Gasteiger partial charge in [-0.3, -0.25) is 9.59 Å². The first-order valence-corrected chi connectivity index (χ1v) is 8.51. The molecule has 1 heterocycles. The lowest BCUT2D eigenvalue weighted by molar-refractivity contribution is -0.142. The molecule has 0 saturated heterocycles. The van der Waals surface area contributed by atoms with Crippen molar-refractivity contribution in [2.45, 2.75) is 37.4 Å². The minimum atomic E-state index is -0.272. The molecule has 1 aromatic rings. The first-order chi connectivity index (χ1) is 9.65. The maximum atomic E-state index is 11.5. The van der Waals surface area contributed by atoms with Gasteiger partial charge in [0.2, 0.25) is 5.91 Å². The summed E-state index contributed by atoms with van der Waals surface area (Å²) in [5, 5.41) is 4.68. The molecule has 0 fully saturated rings. The Kier molecular flexibility index (Phi) is 8.29. The summed E-state index contributed by atoms with van der Waals surface area (Å²) >= 11 is 2.84. The predicted molar refractivity (Wildman–Crippen MR) is 81.1 cm³/mol. The predicted octanol–water partition coefficient (Wildman–Crippen LogP) is 2.26. The smallest absolute Gasteiger partial charge is 0.311 e. The quantitative estimate of drug-likeness (QED) is 0.430. The van der Waals surface area contributed by atoms with Crippen molar-refractivity contribution in [3.63, 3.8) is 0 Å². The highest BCUT2D eigenvalue weighted by Crippen LogP contribution is 2.22. The molecule has 1 N–H and O–H groups in total. The van der Waals surface area contributed by atoms with E-state index in [4.69, 9.17) is 4.74 Å². The van der Waals surface area contributed by atoms with Crippen molar-refractivity contribution in [1.82, 2.24) is 10.3 Å². The Morgan fingerprint density at radius 3 is 2.95 bits per heavy atom. The van der Waals surface area contributed by atoms with E-state index in [9.17, 15) is 9.59 Å². The SMILES string of the molecule is CCCCNC(=O)CSc1nc(CC(=O)OCC)cs1. The van der Waals surface area contributed by atoms with Crippen LogP contribution in [0.3, 0.4) is 0 Å². The molecule has 0 aromatic carbocycles. The molecule has 0 aliphatic heterocycles. The lowest BCUT2D eigenvalue weighted by atomic mass is 10.3. The second-order valence-electron chi connectivity index (χ2n) is 4.08. The number of aromatic nitrogens is 1. The Balaban J connectivity index is 2.29. The number of esters is 1. The average molecular weight is 316 g/mol. The van der Waals surface area contributed by atoms with Gasteiger partial charge in [-0.1, -0.05) is 25.1 Å². The molecule has 1 amide bonds. The van der Waals surface area contributed by atoms with Crippen LogP contribution in [0.5, 0.6) is 0 Å². The fourth-order valence-corrected chi connectivity index (χ4v) is 3.05. The zero-order valence-electron chi connectivity index (χ0n) is 11.8. The van der Waals surface area contributed by atoms with Gasteiger partial charge in [0.05, 0.1) is 24.5 Å². The van der Waals surface area contributed by atoms with Gasteiger partial charge in [-0.25, -0.2) is 4.98 Å². The van der Waals surface area contributed by atoms with E-state index in [1.165, 1.54) is 23.1 Å². The normalized spacial score (nSPS) is 10.3. The van der Waals surface area contributed by atoms with Crippen molar-refractivity contribution in [3.05, 3.63) is 11.1 Å². The summed E-state index contributed by atoms with van der Waals surface area (Å²) in [5.74, 6) is 0.105. The third-order valence-corrected chi connectivity index (χ3v) is 4.41. The molecular formula is C13H20N2O3S2. The van der Waals surface area contributed by atoms with Gasteiger partial charge in [-0.05, 0) is 13.3 Å². The monoisotopic (exact) mass is 316 g/mol. The van der Waals surface area contributed by atoms with Gasteiger partial charge in [-0.2, -0.15) is 0 Å². The summed E-state index contributed by atoms with van der Waals surface area (Å²) in [5.41, 5.74) is 0.697. The van der Waals surface area contributed by atoms with Gasteiger partial charge < -0.3 is 10.1 Å². The van der Waals surface area contributed by atoms with E-state index in [1.807, 2.05) is 5.38 Å². The average Bonchev–Trinajstić information content (AvgIpc) is 2.84. The molecule has 1 rings (SSSR count). The number of carbonyl (C=O) groups is 2. The van der Waals surface area contributed by atoms with Crippen LogP contribution in [-0.4, -0.2) is 35.8 Å². The lowest BCUT2D eigenvalue weighted by Gasteiger charge is -2.02. The number of unbranched alkanes of at least 4 members (excludes halogenated alkanes) is 1. The Morgan fingerprint density at radius 2 is 2.25 bits per heavy atom. The summed E-state index contributed by atoms with van der Waals surface area (Å²) in [4.78, 5) is 27.1. The largest absolute Gasteiger partial charge is 0.466 e. The fraction of sp³-hybridized carbons (Fsp3) is 0.615. The zero-order valence-corrected chi connectivity index (χ0v) is 13.4. The highest BCUT2D eigenvalue weighted by molar-refractivity contribution is 8.01. The van der Waals surface area contributed by atoms with Crippen LogP contribution in [0.15, 0.2) is 9.72 Å². The number of amides is 1. The Hall–Kier alpha value is -1.08. The van der Waals surface area contributed by atoms with Gasteiger partial charge in [0.25, 0.3) is 0 Å². The molecule has 20 heavy (non-hydrogen) atoms. The first kappa shape index (κ1) is 17.0. The summed E-state index contributed by atoms with van der Waals surface area (Å²) in [6, 6.07) is 0. The van der Waals surface area contributed by atoms with Crippen LogP contribution in [0.25, 0.3) is 0 Å². The first-order valence-electron chi connectivity index (χ1n) is 6.65. The van der Waals surface area contributed by atoms with Crippen LogP contribution in [0.4, 0.5) is 0 Å². The number of hydrogen-bond acceptors (Lipinski definition) is 6. The van der Waals surface area contributed by atoms with Crippen LogP contribution >= 0.6 is 23.1 Å². The van der Waals surface area contributed by atoms with E-state index in [2.05, 4.69) is 17.2 Å². The second-order valence-corrected chi connectivity index (χ2v) is 6.16. The molecule has 0 aliphatic carbocycles. The van der Waals surface area contributed by atoms with Crippen molar-refractivity contribution in [2.24, 2.45) is 0 Å². The van der Waals surface area contributed by atoms with E-state index in [0.29, 0.717) is 18.1 Å². The van der Waals surface area contributed by atoms with E-state index in [0.717, 1.165) is 23.7 Å². The zero-order chi connectivity index (χ0) is 14.8. The summed E-state index contributed by atoms with van der Waals surface area (Å²) in [6.07, 6.45) is 2.25. The Morgan fingerprint density at radius 1 is 1.45 bits per heavy atom. The topological polar surface area (TPSA) is 68.3 Å². The van der Waals surface area contributed by atoms with E-state index >= 15 is 0 Å². The van der Waals surface area contributed by atoms with Gasteiger partial charge in [0.15, 0.2) is 4.34 Å². The van der Waals surface area contributed by atoms with E-state index < -0.39 is 0 Å². The van der Waals surface area contributed by atoms with Crippen LogP contribution in [-0.2, 0) is 20.7 Å². The standard InChI is InChI=1S/C13H20N2O3S2/c1-3-5-6-14-11(16)9-20-13-15-10(8-19-13)7-12(17)18-4-2/h8H,3-7,9H2,1-2H3,(H,14,16). The van der Waals surface area contributed by atoms with Crippen molar-refractivity contribution in [2.75, 3.05) is 18.9 Å². The molecule has 5 nitrogen and oxygen atoms in total. The molecule has 112 valence electrons. The molecule has 0 atom stereocenters. The van der Waals surface area contributed by atoms with Gasteiger partial charge in [0, 0.05) is 11.9 Å². The van der Waals surface area contributed by atoms with Gasteiger partial charge in [0.1, 0.15) is 0 Å². The Labute approximate surface area is 127 Å². The highest BCUT2D eigenvalue weighted by atomic mass is 32.2. The molecule has 0 saturated carbocycles. The van der Waals surface area contributed by atoms with Crippen molar-refractivity contribution >= 4 is 35.0 Å². The number of carbonyl (C=O) groups excluding carboxylic acids is 2. The summed E-state index contributed by atoms with van der Waals surface area (Å²) < 4.78 is 5.66. The number of thioether (sulfide) groups is 1. The maximum absolute atomic E-state index is 11.5. The molecule has 0 unspecified atom stereocenters. The molecule has 0 radical (unpaired) electrons. The second kappa shape index (κ2) is 9.77. The number of rotatable bonds is 9. The minimum absolute atomic E-state index is 0.0191. The van der Waals surface area contributed by atoms with Gasteiger partial charge in [-0.15, -0.1) is 11.3 Å². The molecule has 0 bridgehead atoms. The lowest BCUT2D eigenvalue weighted by Crippen LogP contribution is -2.25. The number of hydrogen-bond donors (Lipinski definition) is 1. The third-order valence-electron chi connectivity index (χ3n) is 2.34. The molecule has 0 spiro atoms. The maximum Gasteiger partial charge on any atom is 0.311 e. The highest BCUT2D eigenvalue weighted by Gasteiger charge is 2.10. The number of ether oxygens (including phenoxy) is 1. The molecular weight excluding hydrogens is 296 g/mol. The van der Waals surface area contributed by atoms with Crippen LogP contribution < -0.4 is 5.32 Å². The number of nitrogens with one attached hydrogen (secondary N) is 1.